The second-order valence-corrected chi connectivity index (χ2v) is 5.99. The fourth-order valence-corrected chi connectivity index (χ4v) is 4.64. The Morgan fingerprint density at radius 2 is 2.19 bits per heavy atom. The molecule has 0 aromatic carbocycles. The van der Waals surface area contributed by atoms with Gasteiger partial charge in [0.05, 0.1) is 18.1 Å². The van der Waals surface area contributed by atoms with Crippen LogP contribution in [0.5, 0.6) is 0 Å². The number of carbonyl (C=O) groups is 1. The normalized spacial score (nSPS) is 57.1. The fourth-order valence-electron chi connectivity index (χ4n) is 4.64. The van der Waals surface area contributed by atoms with E-state index in [9.17, 15) is 9.90 Å². The predicted molar refractivity (Wildman–Crippen MR) is 55.2 cm³/mol. The Balaban J connectivity index is 1.80. The van der Waals surface area contributed by atoms with E-state index in [-0.39, 0.29) is 36.1 Å². The Morgan fingerprint density at radius 1 is 1.44 bits per heavy atom. The Labute approximate surface area is 94.6 Å². The summed E-state index contributed by atoms with van der Waals surface area (Å²) in [5.41, 5.74) is 0. The molecule has 4 heteroatoms. The Morgan fingerprint density at radius 3 is 2.88 bits per heavy atom. The monoisotopic (exact) mass is 223 g/mol. The van der Waals surface area contributed by atoms with Crippen LogP contribution in [0.15, 0.2) is 0 Å². The highest BCUT2D eigenvalue weighted by Crippen LogP contribution is 2.63. The van der Waals surface area contributed by atoms with Crippen LogP contribution in [-0.4, -0.2) is 40.4 Å². The second kappa shape index (κ2) is 2.62. The van der Waals surface area contributed by atoms with Gasteiger partial charge in [-0.25, -0.2) is 0 Å². The fraction of sp³-hybridized carbons (Fsp3) is 0.917. The van der Waals surface area contributed by atoms with Crippen LogP contribution in [0.4, 0.5) is 0 Å². The number of amides is 1. The molecule has 2 saturated carbocycles. The largest absolute Gasteiger partial charge is 0.390 e. The van der Waals surface area contributed by atoms with Gasteiger partial charge in [0.25, 0.3) is 0 Å². The summed E-state index contributed by atoms with van der Waals surface area (Å²) in [5, 5.41) is 10.1. The number of carbonyl (C=O) groups excluding carboxylic acids is 1. The van der Waals surface area contributed by atoms with E-state index in [2.05, 4.69) is 0 Å². The highest BCUT2D eigenvalue weighted by molar-refractivity contribution is 5.83. The second-order valence-electron chi connectivity index (χ2n) is 5.99. The first-order valence-electron chi connectivity index (χ1n) is 6.27. The smallest absolute Gasteiger partial charge is 0.228 e. The van der Waals surface area contributed by atoms with Gasteiger partial charge in [-0.3, -0.25) is 4.79 Å². The quantitative estimate of drug-likeness (QED) is 0.691. The third-order valence-corrected chi connectivity index (χ3v) is 5.11. The van der Waals surface area contributed by atoms with Crippen molar-refractivity contribution in [2.75, 3.05) is 0 Å². The molecule has 2 bridgehead atoms. The maximum absolute atomic E-state index is 12.3. The first-order chi connectivity index (χ1) is 7.61. The number of aliphatic hydroxyl groups is 1. The van der Waals surface area contributed by atoms with E-state index in [1.165, 1.54) is 0 Å². The van der Waals surface area contributed by atoms with Crippen LogP contribution < -0.4 is 0 Å². The van der Waals surface area contributed by atoms with Crippen molar-refractivity contribution in [3.63, 3.8) is 0 Å². The lowest BCUT2D eigenvalue weighted by atomic mass is 9.80. The molecule has 0 unspecified atom stereocenters. The van der Waals surface area contributed by atoms with Gasteiger partial charge in [0.2, 0.25) is 5.91 Å². The molecule has 1 N–H and O–H groups in total. The van der Waals surface area contributed by atoms with Gasteiger partial charge in [-0.2, -0.15) is 0 Å². The lowest BCUT2D eigenvalue weighted by Crippen LogP contribution is -2.46. The molecule has 1 amide bonds. The standard InChI is InChI=1S/C12H17NO3/c1-4(2)13-11(15)7-5-3-6-8(7)12(13)16-10(6)9(5)14/h4-10,12,14H,3H2,1-2H3/t5-,6-,7-,8-,9-,10+,12-/m1/s1. The van der Waals surface area contributed by atoms with Crippen LogP contribution in [0, 0.1) is 23.7 Å². The third-order valence-electron chi connectivity index (χ3n) is 5.11. The number of aliphatic hydroxyl groups excluding tert-OH is 1. The molecule has 2 heterocycles. The molecule has 4 nitrogen and oxygen atoms in total. The van der Waals surface area contributed by atoms with Gasteiger partial charge < -0.3 is 14.7 Å². The van der Waals surface area contributed by atoms with Crippen LogP contribution in [0.1, 0.15) is 20.3 Å². The highest BCUT2D eigenvalue weighted by Gasteiger charge is 2.72. The molecule has 16 heavy (non-hydrogen) atoms. The number of rotatable bonds is 1. The van der Waals surface area contributed by atoms with E-state index < -0.39 is 6.10 Å². The van der Waals surface area contributed by atoms with E-state index in [1.807, 2.05) is 18.7 Å². The van der Waals surface area contributed by atoms with E-state index in [1.54, 1.807) is 0 Å². The summed E-state index contributed by atoms with van der Waals surface area (Å²) < 4.78 is 5.94. The molecular formula is C12H17NO3. The number of hydrogen-bond donors (Lipinski definition) is 1. The third kappa shape index (κ3) is 0.778. The molecule has 2 aliphatic heterocycles. The molecular weight excluding hydrogens is 206 g/mol. The lowest BCUT2D eigenvalue weighted by Gasteiger charge is -2.32. The van der Waals surface area contributed by atoms with Gasteiger partial charge in [-0.05, 0) is 32.1 Å². The number of nitrogens with zero attached hydrogens (tertiary/aromatic N) is 1. The number of fused-ring (bicyclic) bond motifs is 2. The molecule has 2 aliphatic carbocycles. The van der Waals surface area contributed by atoms with Gasteiger partial charge in [0, 0.05) is 12.0 Å². The summed E-state index contributed by atoms with van der Waals surface area (Å²) in [7, 11) is 0. The molecule has 4 aliphatic rings. The predicted octanol–water partition coefficient (Wildman–Crippen LogP) is 0.205. The summed E-state index contributed by atoms with van der Waals surface area (Å²) in [5.74, 6) is 1.23. The maximum atomic E-state index is 12.3. The van der Waals surface area contributed by atoms with Crippen molar-refractivity contribution >= 4 is 5.91 Å². The average molecular weight is 223 g/mol. The van der Waals surface area contributed by atoms with Gasteiger partial charge in [-0.1, -0.05) is 0 Å². The lowest BCUT2D eigenvalue weighted by molar-refractivity contribution is -0.154. The summed E-state index contributed by atoms with van der Waals surface area (Å²) >= 11 is 0. The van der Waals surface area contributed by atoms with E-state index in [0.29, 0.717) is 11.8 Å². The van der Waals surface area contributed by atoms with Crippen LogP contribution >= 0.6 is 0 Å². The van der Waals surface area contributed by atoms with Crippen molar-refractivity contribution in [2.24, 2.45) is 23.7 Å². The molecule has 2 saturated heterocycles. The van der Waals surface area contributed by atoms with Gasteiger partial charge >= 0.3 is 0 Å². The minimum Gasteiger partial charge on any atom is -0.390 e. The average Bonchev–Trinajstić information content (AvgIpc) is 2.83. The number of likely N-dealkylation sites (tertiary alicyclic amines) is 1. The molecule has 4 fully saturated rings. The summed E-state index contributed by atoms with van der Waals surface area (Å²) in [4.78, 5) is 14.2. The molecule has 0 aromatic rings. The van der Waals surface area contributed by atoms with Crippen molar-refractivity contribution in [1.82, 2.24) is 4.90 Å². The molecule has 4 rings (SSSR count). The van der Waals surface area contributed by atoms with Crippen LogP contribution in [0.3, 0.4) is 0 Å². The Kier molecular flexibility index (Phi) is 1.54. The van der Waals surface area contributed by atoms with Crippen LogP contribution in [0.2, 0.25) is 0 Å². The van der Waals surface area contributed by atoms with Gasteiger partial charge in [0.15, 0.2) is 0 Å². The van der Waals surface area contributed by atoms with E-state index in [4.69, 9.17) is 4.74 Å². The highest BCUT2D eigenvalue weighted by atomic mass is 16.5. The van der Waals surface area contributed by atoms with Crippen molar-refractivity contribution in [1.29, 1.82) is 0 Å². The maximum Gasteiger partial charge on any atom is 0.228 e. The molecule has 88 valence electrons. The van der Waals surface area contributed by atoms with Crippen molar-refractivity contribution in [3.05, 3.63) is 0 Å². The van der Waals surface area contributed by atoms with E-state index in [0.717, 1.165) is 6.42 Å². The zero-order chi connectivity index (χ0) is 11.2. The first-order valence-corrected chi connectivity index (χ1v) is 6.27. The van der Waals surface area contributed by atoms with Crippen LogP contribution in [-0.2, 0) is 9.53 Å². The minimum atomic E-state index is -0.394. The molecule has 0 radical (unpaired) electrons. The SMILES string of the molecule is CC(C)N1C(=O)[C@@H]2[C@H]3C[C@H]4[C@H](O[C@@H]1[C@H]42)[C@@H]3O. The summed E-state index contributed by atoms with van der Waals surface area (Å²) in [6, 6.07) is 0.207. The van der Waals surface area contributed by atoms with E-state index >= 15 is 0 Å². The topological polar surface area (TPSA) is 49.8 Å². The number of ether oxygens (including phenoxy) is 1. The zero-order valence-corrected chi connectivity index (χ0v) is 9.54. The first kappa shape index (κ1) is 9.42. The van der Waals surface area contributed by atoms with Crippen LogP contribution in [0.25, 0.3) is 0 Å². The van der Waals surface area contributed by atoms with Crippen molar-refractivity contribution in [3.8, 4) is 0 Å². The minimum absolute atomic E-state index is 0.00519. The molecule has 0 spiro atoms. The van der Waals surface area contributed by atoms with Crippen molar-refractivity contribution in [2.45, 2.75) is 44.7 Å². The van der Waals surface area contributed by atoms with Crippen molar-refractivity contribution < 1.29 is 14.6 Å². The zero-order valence-electron chi connectivity index (χ0n) is 9.54. The summed E-state index contributed by atoms with van der Waals surface area (Å²) in [6.07, 6.45) is 0.560. The molecule has 0 aromatic heterocycles. The Bertz CT molecular complexity index is 369. The number of hydrogen-bond acceptors (Lipinski definition) is 3. The summed E-state index contributed by atoms with van der Waals surface area (Å²) in [6.45, 7) is 4.08. The van der Waals surface area contributed by atoms with Gasteiger partial charge in [0.1, 0.15) is 6.23 Å². The Hall–Kier alpha value is -0.610. The molecule has 7 atom stereocenters. The van der Waals surface area contributed by atoms with Gasteiger partial charge in [-0.15, -0.1) is 0 Å².